The number of H-pyrrole nitrogens is 1. The maximum absolute atomic E-state index is 12.3. The number of aromatic amines is 1. The number of nitrogens with zero attached hydrogens (tertiary/aromatic N) is 2. The van der Waals surface area contributed by atoms with Crippen LogP contribution in [0.4, 0.5) is 0 Å². The highest BCUT2D eigenvalue weighted by Crippen LogP contribution is 2.34. The summed E-state index contributed by atoms with van der Waals surface area (Å²) in [5, 5.41) is 10.0. The Kier molecular flexibility index (Phi) is 2.63. The van der Waals surface area contributed by atoms with Crippen LogP contribution < -0.4 is 5.32 Å². The van der Waals surface area contributed by atoms with Crippen molar-refractivity contribution < 1.29 is 4.79 Å². The van der Waals surface area contributed by atoms with Crippen molar-refractivity contribution in [3.8, 4) is 0 Å². The lowest BCUT2D eigenvalue weighted by Gasteiger charge is -2.26. The first kappa shape index (κ1) is 10.8. The average Bonchev–Trinajstić information content (AvgIpc) is 3.03. The average molecular weight is 234 g/mol. The Balaban J connectivity index is 1.81. The lowest BCUT2D eigenvalue weighted by molar-refractivity contribution is 0.0705. The van der Waals surface area contributed by atoms with Crippen molar-refractivity contribution in [2.75, 3.05) is 19.6 Å². The molecular formula is C12H18N4O. The molecular weight excluding hydrogens is 216 g/mol. The predicted octanol–water partition coefficient (Wildman–Crippen LogP) is 0.480. The van der Waals surface area contributed by atoms with E-state index in [1.807, 2.05) is 4.90 Å². The molecule has 0 bridgehead atoms. The van der Waals surface area contributed by atoms with Gasteiger partial charge in [-0.1, -0.05) is 6.92 Å². The summed E-state index contributed by atoms with van der Waals surface area (Å²) in [5.74, 6) is 1.36. The Bertz CT molecular complexity index is 403. The van der Waals surface area contributed by atoms with Crippen LogP contribution in [0.1, 0.15) is 23.8 Å². The smallest absolute Gasteiger partial charge is 0.272 e. The minimum Gasteiger partial charge on any atom is -0.334 e. The first-order valence-electron chi connectivity index (χ1n) is 6.32. The molecule has 2 aliphatic heterocycles. The predicted molar refractivity (Wildman–Crippen MR) is 63.6 cm³/mol. The summed E-state index contributed by atoms with van der Waals surface area (Å²) in [6, 6.07) is 2.13. The van der Waals surface area contributed by atoms with E-state index in [2.05, 4.69) is 22.4 Å². The normalized spacial score (nSPS) is 31.8. The summed E-state index contributed by atoms with van der Waals surface area (Å²) in [7, 11) is 0. The van der Waals surface area contributed by atoms with E-state index < -0.39 is 0 Å². The monoisotopic (exact) mass is 234 g/mol. The van der Waals surface area contributed by atoms with Gasteiger partial charge in [-0.3, -0.25) is 9.89 Å². The number of aromatic nitrogens is 2. The summed E-state index contributed by atoms with van der Waals surface area (Å²) in [5.41, 5.74) is 0.608. The third kappa shape index (κ3) is 1.65. The molecule has 2 N–H and O–H groups in total. The molecule has 2 saturated heterocycles. The maximum atomic E-state index is 12.3. The van der Waals surface area contributed by atoms with Gasteiger partial charge in [0.1, 0.15) is 5.69 Å². The molecule has 1 amide bonds. The van der Waals surface area contributed by atoms with E-state index in [9.17, 15) is 4.79 Å². The number of nitrogens with one attached hydrogen (secondary N) is 2. The maximum Gasteiger partial charge on any atom is 0.272 e. The van der Waals surface area contributed by atoms with E-state index in [0.717, 1.165) is 26.1 Å². The van der Waals surface area contributed by atoms with Gasteiger partial charge in [-0.15, -0.1) is 0 Å². The van der Waals surface area contributed by atoms with Crippen LogP contribution in [0, 0.1) is 11.8 Å². The van der Waals surface area contributed by atoms with Crippen LogP contribution in [0.2, 0.25) is 0 Å². The third-order valence-corrected chi connectivity index (χ3v) is 4.13. The van der Waals surface area contributed by atoms with Gasteiger partial charge in [-0.2, -0.15) is 5.10 Å². The fourth-order valence-corrected chi connectivity index (χ4v) is 3.31. The number of carbonyl (C=O) groups is 1. The van der Waals surface area contributed by atoms with E-state index >= 15 is 0 Å². The lowest BCUT2D eigenvalue weighted by atomic mass is 9.93. The quantitative estimate of drug-likeness (QED) is 0.782. The van der Waals surface area contributed by atoms with Crippen molar-refractivity contribution >= 4 is 5.91 Å². The number of likely N-dealkylation sites (tertiary alicyclic amines) is 1. The minimum absolute atomic E-state index is 0.101. The molecule has 1 aromatic rings. The topological polar surface area (TPSA) is 61.0 Å². The fourth-order valence-electron chi connectivity index (χ4n) is 3.31. The van der Waals surface area contributed by atoms with E-state index in [4.69, 9.17) is 0 Å². The Hall–Kier alpha value is -1.36. The minimum atomic E-state index is 0.101. The largest absolute Gasteiger partial charge is 0.334 e. The molecule has 3 atom stereocenters. The molecule has 92 valence electrons. The second-order valence-corrected chi connectivity index (χ2v) is 4.99. The zero-order chi connectivity index (χ0) is 11.8. The molecule has 0 aromatic carbocycles. The van der Waals surface area contributed by atoms with Gasteiger partial charge in [0.25, 0.3) is 5.91 Å². The van der Waals surface area contributed by atoms with E-state index in [-0.39, 0.29) is 5.91 Å². The Morgan fingerprint density at radius 3 is 3.18 bits per heavy atom. The second-order valence-electron chi connectivity index (χ2n) is 4.99. The lowest BCUT2D eigenvalue weighted by Crippen LogP contribution is -2.39. The zero-order valence-corrected chi connectivity index (χ0v) is 10.0. The summed E-state index contributed by atoms with van der Waals surface area (Å²) in [4.78, 5) is 14.4. The highest BCUT2D eigenvalue weighted by Gasteiger charge is 2.45. The molecule has 0 saturated carbocycles. The van der Waals surface area contributed by atoms with Crippen LogP contribution >= 0.6 is 0 Å². The first-order valence-corrected chi connectivity index (χ1v) is 6.32. The molecule has 5 heteroatoms. The molecule has 3 unspecified atom stereocenters. The SMILES string of the molecule is CCC1C2CNCC2CN1C(=O)c1ccn[nH]1. The van der Waals surface area contributed by atoms with Gasteiger partial charge >= 0.3 is 0 Å². The highest BCUT2D eigenvalue weighted by atomic mass is 16.2. The number of hydrogen-bond donors (Lipinski definition) is 2. The van der Waals surface area contributed by atoms with Crippen molar-refractivity contribution in [1.82, 2.24) is 20.4 Å². The fraction of sp³-hybridized carbons (Fsp3) is 0.667. The Morgan fingerprint density at radius 1 is 1.59 bits per heavy atom. The number of hydrogen-bond acceptors (Lipinski definition) is 3. The summed E-state index contributed by atoms with van der Waals surface area (Å²) in [6.45, 7) is 5.15. The third-order valence-electron chi connectivity index (χ3n) is 4.13. The highest BCUT2D eigenvalue weighted by molar-refractivity contribution is 5.92. The van der Waals surface area contributed by atoms with Gasteiger partial charge in [0.05, 0.1) is 0 Å². The number of rotatable bonds is 2. The summed E-state index contributed by atoms with van der Waals surface area (Å²) in [6.07, 6.45) is 2.66. The van der Waals surface area contributed by atoms with Gasteiger partial charge in [0.2, 0.25) is 0 Å². The van der Waals surface area contributed by atoms with Gasteiger partial charge in [0.15, 0.2) is 0 Å². The van der Waals surface area contributed by atoms with Crippen LogP contribution in [-0.4, -0.2) is 46.7 Å². The number of carbonyl (C=O) groups excluding carboxylic acids is 1. The zero-order valence-electron chi connectivity index (χ0n) is 10.0. The van der Waals surface area contributed by atoms with Crippen molar-refractivity contribution in [2.24, 2.45) is 11.8 Å². The molecule has 0 spiro atoms. The molecule has 3 heterocycles. The Labute approximate surface area is 101 Å². The molecule has 0 aliphatic carbocycles. The first-order chi connectivity index (χ1) is 8.31. The molecule has 1 aromatic heterocycles. The van der Waals surface area contributed by atoms with Crippen molar-refractivity contribution in [3.63, 3.8) is 0 Å². The van der Waals surface area contributed by atoms with Gasteiger partial charge < -0.3 is 10.2 Å². The van der Waals surface area contributed by atoms with E-state index in [0.29, 0.717) is 23.6 Å². The van der Waals surface area contributed by atoms with E-state index in [1.165, 1.54) is 0 Å². The molecule has 2 fully saturated rings. The van der Waals surface area contributed by atoms with Gasteiger partial charge in [-0.05, 0) is 24.3 Å². The second kappa shape index (κ2) is 4.14. The van der Waals surface area contributed by atoms with Crippen molar-refractivity contribution in [3.05, 3.63) is 18.0 Å². The van der Waals surface area contributed by atoms with Crippen molar-refractivity contribution in [1.29, 1.82) is 0 Å². The number of amides is 1. The standard InChI is InChI=1S/C12H18N4O/c1-2-11-9-6-13-5-8(9)7-16(11)12(17)10-3-4-14-15-10/h3-4,8-9,11,13H,2,5-7H2,1H3,(H,14,15). The summed E-state index contributed by atoms with van der Waals surface area (Å²) >= 11 is 0. The molecule has 2 aliphatic rings. The molecule has 5 nitrogen and oxygen atoms in total. The van der Waals surface area contributed by atoms with Crippen LogP contribution in [0.3, 0.4) is 0 Å². The van der Waals surface area contributed by atoms with Gasteiger partial charge in [0, 0.05) is 31.9 Å². The van der Waals surface area contributed by atoms with Crippen LogP contribution in [0.15, 0.2) is 12.3 Å². The molecule has 3 rings (SSSR count). The van der Waals surface area contributed by atoms with Gasteiger partial charge in [-0.25, -0.2) is 0 Å². The number of fused-ring (bicyclic) bond motifs is 1. The Morgan fingerprint density at radius 2 is 2.47 bits per heavy atom. The molecule has 0 radical (unpaired) electrons. The van der Waals surface area contributed by atoms with Crippen LogP contribution in [0.25, 0.3) is 0 Å². The van der Waals surface area contributed by atoms with E-state index in [1.54, 1.807) is 12.3 Å². The van der Waals surface area contributed by atoms with Crippen molar-refractivity contribution in [2.45, 2.75) is 19.4 Å². The van der Waals surface area contributed by atoms with Crippen LogP contribution in [0.5, 0.6) is 0 Å². The summed E-state index contributed by atoms with van der Waals surface area (Å²) < 4.78 is 0. The van der Waals surface area contributed by atoms with Crippen LogP contribution in [-0.2, 0) is 0 Å². The molecule has 17 heavy (non-hydrogen) atoms.